The van der Waals surface area contributed by atoms with Crippen LogP contribution in [0.2, 0.25) is 0 Å². The number of amides is 2. The van der Waals surface area contributed by atoms with Gasteiger partial charge in [0.25, 0.3) is 5.91 Å². The first kappa shape index (κ1) is 36.3. The molecular weight excluding hydrogens is 576 g/mol. The number of allylic oxidation sites excluding steroid dienone is 1. The first-order valence-corrected chi connectivity index (χ1v) is 14.7. The summed E-state index contributed by atoms with van der Waals surface area (Å²) in [5, 5.41) is 13.8. The Hall–Kier alpha value is -4.88. The summed E-state index contributed by atoms with van der Waals surface area (Å²) in [7, 11) is 3.31. The smallest absolute Gasteiger partial charge is 0.251 e. The third-order valence-corrected chi connectivity index (χ3v) is 6.60. The van der Waals surface area contributed by atoms with Crippen LogP contribution in [0.3, 0.4) is 0 Å². The molecule has 2 rings (SSSR count). The minimum absolute atomic E-state index is 0.150. The van der Waals surface area contributed by atoms with E-state index in [0.717, 1.165) is 18.3 Å². The molecule has 0 fully saturated rings. The Bertz CT molecular complexity index is 1330. The van der Waals surface area contributed by atoms with Crippen LogP contribution in [-0.4, -0.2) is 69.7 Å². The van der Waals surface area contributed by atoms with Crippen molar-refractivity contribution in [1.82, 2.24) is 26.4 Å². The highest BCUT2D eigenvalue weighted by atomic mass is 16.5. The molecule has 2 aromatic rings. The second kappa shape index (κ2) is 20.1. The number of benzene rings is 2. The number of hydrazine groups is 1. The molecule has 0 bridgehead atoms. The van der Waals surface area contributed by atoms with Crippen LogP contribution < -0.4 is 42.9 Å². The molecule has 0 aromatic heterocycles. The molecule has 0 saturated heterocycles. The maximum Gasteiger partial charge on any atom is 0.251 e. The van der Waals surface area contributed by atoms with Crippen molar-refractivity contribution < 1.29 is 23.9 Å². The lowest BCUT2D eigenvalue weighted by atomic mass is 10.1. The van der Waals surface area contributed by atoms with Crippen molar-refractivity contribution in [3.8, 4) is 5.75 Å². The number of aldehydes is 2. The number of ether oxygens (including phenoxy) is 1. The summed E-state index contributed by atoms with van der Waals surface area (Å²) in [4.78, 5) is 47.2. The second-order valence-electron chi connectivity index (χ2n) is 10.3. The molecule has 13 heteroatoms. The van der Waals surface area contributed by atoms with Gasteiger partial charge in [-0.1, -0.05) is 18.7 Å². The van der Waals surface area contributed by atoms with Crippen LogP contribution in [0, 0.1) is 0 Å². The molecule has 9 N–H and O–H groups in total. The number of carbonyl (C=O) groups is 4. The number of nitrogens with two attached hydrogens (primary N) is 2. The predicted octanol–water partition coefficient (Wildman–Crippen LogP) is 2.04. The molecule has 0 saturated carbocycles. The largest absolute Gasteiger partial charge is 0.495 e. The maximum absolute atomic E-state index is 12.7. The fourth-order valence-corrected chi connectivity index (χ4v) is 4.27. The van der Waals surface area contributed by atoms with Gasteiger partial charge in [-0.25, -0.2) is 5.01 Å². The highest BCUT2D eigenvalue weighted by Gasteiger charge is 2.14. The fraction of sp³-hybridized carbons (Fsp3) is 0.375. The zero-order chi connectivity index (χ0) is 33.0. The number of nitrogen functional groups attached to an aromatic ring is 1. The van der Waals surface area contributed by atoms with Crippen molar-refractivity contribution in [3.05, 3.63) is 77.3 Å². The van der Waals surface area contributed by atoms with Crippen LogP contribution in [0.25, 0.3) is 0 Å². The zero-order valence-corrected chi connectivity index (χ0v) is 26.1. The summed E-state index contributed by atoms with van der Waals surface area (Å²) in [6.07, 6.45) is 6.05. The number of unbranched alkanes of at least 4 members (excludes halogenated alkanes) is 1. The molecule has 0 heterocycles. The first-order chi connectivity index (χ1) is 21.7. The number of nitrogens with zero attached hydrogens (tertiary/aromatic N) is 1. The van der Waals surface area contributed by atoms with Gasteiger partial charge in [0.2, 0.25) is 5.91 Å². The Morgan fingerprint density at radius 2 is 1.87 bits per heavy atom. The van der Waals surface area contributed by atoms with Crippen LogP contribution in [0.5, 0.6) is 5.75 Å². The van der Waals surface area contributed by atoms with E-state index in [9.17, 15) is 19.2 Å². The predicted molar refractivity (Wildman–Crippen MR) is 176 cm³/mol. The number of rotatable bonds is 22. The Kier molecular flexibility index (Phi) is 16.3. The van der Waals surface area contributed by atoms with Crippen molar-refractivity contribution in [1.29, 1.82) is 0 Å². The van der Waals surface area contributed by atoms with E-state index < -0.39 is 0 Å². The number of methoxy groups -OCH3 is 1. The summed E-state index contributed by atoms with van der Waals surface area (Å²) in [6, 6.07) is 10.0. The Morgan fingerprint density at radius 1 is 1.07 bits per heavy atom. The molecule has 0 unspecified atom stereocenters. The van der Waals surface area contributed by atoms with Crippen molar-refractivity contribution in [2.75, 3.05) is 51.4 Å². The van der Waals surface area contributed by atoms with Gasteiger partial charge in [-0.2, -0.15) is 0 Å². The Morgan fingerprint density at radius 3 is 2.60 bits per heavy atom. The van der Waals surface area contributed by atoms with Gasteiger partial charge in [0.15, 0.2) is 0 Å². The van der Waals surface area contributed by atoms with E-state index in [1.165, 1.54) is 7.11 Å². The quantitative estimate of drug-likeness (QED) is 0.0440. The van der Waals surface area contributed by atoms with Gasteiger partial charge in [0.05, 0.1) is 19.3 Å². The normalized spacial score (nSPS) is 11.0. The van der Waals surface area contributed by atoms with E-state index in [-0.39, 0.29) is 18.4 Å². The molecule has 45 heavy (non-hydrogen) atoms. The summed E-state index contributed by atoms with van der Waals surface area (Å²) < 4.78 is 5.14. The highest BCUT2D eigenvalue weighted by molar-refractivity contribution is 5.95. The number of hydrogen-bond donors (Lipinski definition) is 7. The monoisotopic (exact) mass is 622 g/mol. The van der Waals surface area contributed by atoms with Gasteiger partial charge in [-0.15, -0.1) is 0 Å². The van der Waals surface area contributed by atoms with Gasteiger partial charge in [-0.05, 0) is 50.1 Å². The van der Waals surface area contributed by atoms with E-state index >= 15 is 0 Å². The lowest BCUT2D eigenvalue weighted by Crippen LogP contribution is -2.33. The van der Waals surface area contributed by atoms with Crippen LogP contribution in [0.4, 0.5) is 11.4 Å². The molecule has 0 aliphatic rings. The van der Waals surface area contributed by atoms with E-state index in [2.05, 4.69) is 33.3 Å². The number of hydrogen-bond acceptors (Lipinski definition) is 11. The maximum atomic E-state index is 12.7. The minimum atomic E-state index is -0.294. The molecule has 13 nitrogen and oxygen atoms in total. The summed E-state index contributed by atoms with van der Waals surface area (Å²) >= 11 is 0. The average molecular weight is 623 g/mol. The number of nitrogens with one attached hydrogen (secondary N) is 5. The Labute approximate surface area is 264 Å². The molecule has 2 amide bonds. The van der Waals surface area contributed by atoms with Crippen LogP contribution in [-0.2, 0) is 16.1 Å². The molecular formula is C32H46N8O5. The summed E-state index contributed by atoms with van der Waals surface area (Å²) in [5.74, 6) is -0.0144. The molecule has 2 aromatic carbocycles. The van der Waals surface area contributed by atoms with E-state index in [1.54, 1.807) is 47.6 Å². The number of anilines is 2. The molecule has 0 atom stereocenters. The second-order valence-corrected chi connectivity index (χ2v) is 10.3. The lowest BCUT2D eigenvalue weighted by molar-refractivity contribution is -0.116. The van der Waals surface area contributed by atoms with Crippen LogP contribution in [0.15, 0.2) is 60.6 Å². The highest BCUT2D eigenvalue weighted by Crippen LogP contribution is 2.22. The number of carbonyl (C=O) groups excluding carboxylic acids is 4. The van der Waals surface area contributed by atoms with E-state index in [0.29, 0.717) is 97.8 Å². The standard InChI is InChI=1S/C32H46N8O5/c1-23(8-4-5-17-41)39-40(2)21-27-25(22-42)9-6-10-29(27)38-31(43)11-7-14-35-15-16-36-19-26(33)20-37-32(44)24-12-13-28(34)30(18-24)45-3/h6,9-10,12-13,17-19,22,35-36,39H,1,4-5,7-8,11,14-16,20-21,33-34H2,2-3H3,(H,37,44)(H,38,43)/b26-19-. The fourth-order valence-electron chi connectivity index (χ4n) is 4.27. The zero-order valence-electron chi connectivity index (χ0n) is 26.1. The first-order valence-electron chi connectivity index (χ1n) is 14.7. The minimum Gasteiger partial charge on any atom is -0.495 e. The van der Waals surface area contributed by atoms with Crippen LogP contribution in [0.1, 0.15) is 58.4 Å². The Balaban J connectivity index is 1.68. The van der Waals surface area contributed by atoms with Gasteiger partial charge in [0.1, 0.15) is 18.3 Å². The van der Waals surface area contributed by atoms with Crippen LogP contribution >= 0.6 is 0 Å². The molecule has 244 valence electrons. The molecule has 0 aliphatic heterocycles. The molecule has 0 spiro atoms. The summed E-state index contributed by atoms with van der Waals surface area (Å²) in [5.41, 5.74) is 18.8. The SMILES string of the molecule is C=C(CCCC=O)NN(C)Cc1c(C=O)cccc1NC(=O)CCCNCCN/C=C(\N)CNC(=O)c1ccc(N)c(OC)c1. The third-order valence-electron chi connectivity index (χ3n) is 6.60. The van der Waals surface area contributed by atoms with Gasteiger partial charge in [-0.3, -0.25) is 14.4 Å². The summed E-state index contributed by atoms with van der Waals surface area (Å²) in [6.45, 7) is 6.38. The molecule has 0 radical (unpaired) electrons. The third kappa shape index (κ3) is 13.5. The molecule has 0 aliphatic carbocycles. The van der Waals surface area contributed by atoms with E-state index in [4.69, 9.17) is 16.2 Å². The van der Waals surface area contributed by atoms with Gasteiger partial charge in [0, 0.05) is 79.5 Å². The van der Waals surface area contributed by atoms with Gasteiger partial charge >= 0.3 is 0 Å². The van der Waals surface area contributed by atoms with Crippen molar-refractivity contribution >= 4 is 35.8 Å². The van der Waals surface area contributed by atoms with Crippen molar-refractivity contribution in [2.45, 2.75) is 38.6 Å². The van der Waals surface area contributed by atoms with E-state index in [1.807, 2.05) is 7.05 Å². The van der Waals surface area contributed by atoms with Crippen molar-refractivity contribution in [3.63, 3.8) is 0 Å². The lowest BCUT2D eigenvalue weighted by Gasteiger charge is -2.23. The van der Waals surface area contributed by atoms with Gasteiger partial charge < -0.3 is 47.7 Å². The average Bonchev–Trinajstić information content (AvgIpc) is 3.02. The topological polar surface area (TPSA) is 193 Å². The van der Waals surface area contributed by atoms with Crippen molar-refractivity contribution in [2.24, 2.45) is 5.73 Å².